The minimum atomic E-state index is -3.77. The smallest absolute Gasteiger partial charge is 0.344 e. The Labute approximate surface area is 194 Å². The third-order valence-electron chi connectivity index (χ3n) is 4.80. The molecule has 0 aliphatic carbocycles. The third kappa shape index (κ3) is 8.09. The highest BCUT2D eigenvalue weighted by atomic mass is 32.2. The van der Waals surface area contributed by atoms with Crippen molar-refractivity contribution in [2.45, 2.75) is 62.5 Å². The van der Waals surface area contributed by atoms with Gasteiger partial charge in [-0.25, -0.2) is 18.0 Å². The first-order valence-corrected chi connectivity index (χ1v) is 12.2. The maximum Gasteiger partial charge on any atom is 0.344 e. The van der Waals surface area contributed by atoms with Crippen LogP contribution in [0.5, 0.6) is 11.5 Å². The van der Waals surface area contributed by atoms with E-state index in [9.17, 15) is 18.0 Å². The first-order valence-electron chi connectivity index (χ1n) is 10.8. The number of esters is 2. The van der Waals surface area contributed by atoms with Crippen LogP contribution in [-0.2, 0) is 28.9 Å². The molecular formula is C24H30O8S. The van der Waals surface area contributed by atoms with Crippen molar-refractivity contribution in [1.82, 2.24) is 0 Å². The Morgan fingerprint density at radius 1 is 0.697 bits per heavy atom. The zero-order chi connectivity index (χ0) is 24.4. The van der Waals surface area contributed by atoms with E-state index in [0.29, 0.717) is 24.3 Å². The second-order valence-corrected chi connectivity index (χ2v) is 9.39. The normalized spacial score (nSPS) is 13.0. The number of hydrogen-bond acceptors (Lipinski definition) is 8. The quantitative estimate of drug-likeness (QED) is 0.422. The Kier molecular flexibility index (Phi) is 9.72. The summed E-state index contributed by atoms with van der Waals surface area (Å²) in [6.45, 7) is 6.87. The molecule has 0 aliphatic heterocycles. The molecule has 2 atom stereocenters. The molecule has 2 rings (SSSR count). The summed E-state index contributed by atoms with van der Waals surface area (Å²) in [7, 11) is -3.77. The van der Waals surface area contributed by atoms with Crippen LogP contribution in [-0.4, -0.2) is 45.8 Å². The van der Waals surface area contributed by atoms with Crippen LogP contribution in [0.25, 0.3) is 0 Å². The van der Waals surface area contributed by atoms with E-state index in [1.807, 2.05) is 13.8 Å². The predicted octanol–water partition coefficient (Wildman–Crippen LogP) is 3.96. The summed E-state index contributed by atoms with van der Waals surface area (Å²) >= 11 is 0. The molecule has 180 valence electrons. The van der Waals surface area contributed by atoms with Crippen molar-refractivity contribution in [2.24, 2.45) is 0 Å². The highest BCUT2D eigenvalue weighted by Crippen LogP contribution is 2.25. The summed E-state index contributed by atoms with van der Waals surface area (Å²) in [4.78, 5) is 23.5. The number of benzene rings is 2. The fraction of sp³-hybridized carbons (Fsp3) is 0.417. The number of rotatable bonds is 12. The maximum atomic E-state index is 12.9. The largest absolute Gasteiger partial charge is 0.482 e. The minimum absolute atomic E-state index is 0.0721. The lowest BCUT2D eigenvalue weighted by Gasteiger charge is -2.12. The molecule has 0 fully saturated rings. The van der Waals surface area contributed by atoms with Crippen LogP contribution in [0.3, 0.4) is 0 Å². The predicted molar refractivity (Wildman–Crippen MR) is 121 cm³/mol. The van der Waals surface area contributed by atoms with E-state index in [4.69, 9.17) is 18.9 Å². The Balaban J connectivity index is 1.96. The molecule has 2 aromatic carbocycles. The van der Waals surface area contributed by atoms with Gasteiger partial charge in [-0.15, -0.1) is 0 Å². The van der Waals surface area contributed by atoms with Crippen molar-refractivity contribution in [1.29, 1.82) is 0 Å². The molecule has 0 heterocycles. The van der Waals surface area contributed by atoms with E-state index in [1.54, 1.807) is 13.8 Å². The second kappa shape index (κ2) is 12.2. The molecule has 0 saturated carbocycles. The van der Waals surface area contributed by atoms with E-state index in [0.717, 1.165) is 0 Å². The minimum Gasteiger partial charge on any atom is -0.482 e. The molecule has 0 unspecified atom stereocenters. The number of carbonyl (C=O) groups is 2. The van der Waals surface area contributed by atoms with Crippen LogP contribution in [0.4, 0.5) is 0 Å². The summed E-state index contributed by atoms with van der Waals surface area (Å²) in [5.41, 5.74) is 0. The van der Waals surface area contributed by atoms with E-state index in [2.05, 4.69) is 0 Å². The molecule has 2 aromatic rings. The monoisotopic (exact) mass is 478 g/mol. The van der Waals surface area contributed by atoms with Gasteiger partial charge in [-0.05, 0) is 75.2 Å². The van der Waals surface area contributed by atoms with Gasteiger partial charge < -0.3 is 18.9 Å². The van der Waals surface area contributed by atoms with Gasteiger partial charge >= 0.3 is 11.9 Å². The van der Waals surface area contributed by atoms with Crippen LogP contribution >= 0.6 is 0 Å². The zero-order valence-corrected chi connectivity index (χ0v) is 20.1. The van der Waals surface area contributed by atoms with Gasteiger partial charge in [-0.3, -0.25) is 0 Å². The van der Waals surface area contributed by atoms with Crippen molar-refractivity contribution in [3.63, 3.8) is 0 Å². The third-order valence-corrected chi connectivity index (χ3v) is 6.58. The van der Waals surface area contributed by atoms with E-state index >= 15 is 0 Å². The van der Waals surface area contributed by atoms with Gasteiger partial charge in [-0.2, -0.15) is 0 Å². The first-order chi connectivity index (χ1) is 15.6. The van der Waals surface area contributed by atoms with Crippen LogP contribution in [0, 0.1) is 0 Å². The molecule has 0 aromatic heterocycles. The lowest BCUT2D eigenvalue weighted by Crippen LogP contribution is -2.20. The highest BCUT2D eigenvalue weighted by Gasteiger charge is 2.18. The average molecular weight is 479 g/mol. The first kappa shape index (κ1) is 26.2. The van der Waals surface area contributed by atoms with Crippen molar-refractivity contribution in [3.8, 4) is 11.5 Å². The van der Waals surface area contributed by atoms with Crippen molar-refractivity contribution in [3.05, 3.63) is 48.5 Å². The van der Waals surface area contributed by atoms with Gasteiger partial charge in [0.15, 0.2) is 13.2 Å². The lowest BCUT2D eigenvalue weighted by molar-refractivity contribution is -0.151. The molecule has 0 radical (unpaired) electrons. The Morgan fingerprint density at radius 3 is 1.33 bits per heavy atom. The Morgan fingerprint density at radius 2 is 1.03 bits per heavy atom. The molecule has 0 bridgehead atoms. The summed E-state index contributed by atoms with van der Waals surface area (Å²) in [5, 5.41) is 0. The number of carbonyl (C=O) groups excluding carboxylic acids is 2. The Hall–Kier alpha value is -3.07. The van der Waals surface area contributed by atoms with Crippen LogP contribution < -0.4 is 9.47 Å². The molecule has 9 heteroatoms. The second-order valence-electron chi connectivity index (χ2n) is 7.44. The molecule has 0 amide bonds. The SMILES string of the molecule is CC[C@@H](C)OC(=O)COc1ccc(S(=O)(=O)c2ccc(OCC(=O)O[C@@H](C)CC)cc2)cc1. The summed E-state index contributed by atoms with van der Waals surface area (Å²) in [6.07, 6.45) is 1.03. The standard InChI is InChI=1S/C24H30O8S/c1-5-17(3)31-23(25)15-29-19-7-11-21(12-8-19)33(27,28)22-13-9-20(10-14-22)30-16-24(26)32-18(4)6-2/h7-14,17-18H,5-6,15-16H2,1-4H3/t17-,18+. The van der Waals surface area contributed by atoms with Crippen LogP contribution in [0.15, 0.2) is 58.3 Å². The van der Waals surface area contributed by atoms with E-state index in [1.165, 1.54) is 48.5 Å². The van der Waals surface area contributed by atoms with E-state index in [-0.39, 0.29) is 35.2 Å². The number of hydrogen-bond donors (Lipinski definition) is 0. The van der Waals surface area contributed by atoms with Crippen molar-refractivity contribution >= 4 is 21.8 Å². The van der Waals surface area contributed by atoms with E-state index < -0.39 is 21.8 Å². The fourth-order valence-electron chi connectivity index (χ4n) is 2.53. The van der Waals surface area contributed by atoms with Gasteiger partial charge in [0.25, 0.3) is 0 Å². The molecule has 0 saturated heterocycles. The Bertz CT molecular complexity index is 936. The van der Waals surface area contributed by atoms with Gasteiger partial charge in [0, 0.05) is 0 Å². The number of ether oxygens (including phenoxy) is 4. The summed E-state index contributed by atoms with van der Waals surface area (Å²) < 4.78 is 46.7. The number of sulfone groups is 1. The van der Waals surface area contributed by atoms with Gasteiger partial charge in [0.1, 0.15) is 11.5 Å². The van der Waals surface area contributed by atoms with Gasteiger partial charge in [-0.1, -0.05) is 13.8 Å². The molecular weight excluding hydrogens is 448 g/mol. The van der Waals surface area contributed by atoms with Crippen LogP contribution in [0.1, 0.15) is 40.5 Å². The topological polar surface area (TPSA) is 105 Å². The van der Waals surface area contributed by atoms with Crippen molar-refractivity contribution in [2.75, 3.05) is 13.2 Å². The molecule has 0 spiro atoms. The maximum absolute atomic E-state index is 12.9. The van der Waals surface area contributed by atoms with Crippen molar-refractivity contribution < 1.29 is 37.0 Å². The molecule has 0 aliphatic rings. The zero-order valence-electron chi connectivity index (χ0n) is 19.3. The molecule has 0 N–H and O–H groups in total. The van der Waals surface area contributed by atoms with Crippen LogP contribution in [0.2, 0.25) is 0 Å². The van der Waals surface area contributed by atoms with Gasteiger partial charge in [0.2, 0.25) is 9.84 Å². The lowest BCUT2D eigenvalue weighted by atomic mass is 10.3. The summed E-state index contributed by atoms with van der Waals surface area (Å²) in [6, 6.07) is 11.5. The molecule has 33 heavy (non-hydrogen) atoms. The average Bonchev–Trinajstić information content (AvgIpc) is 2.81. The van der Waals surface area contributed by atoms with Gasteiger partial charge in [0.05, 0.1) is 22.0 Å². The fourth-order valence-corrected chi connectivity index (χ4v) is 3.80. The molecule has 8 nitrogen and oxygen atoms in total. The highest BCUT2D eigenvalue weighted by molar-refractivity contribution is 7.91. The summed E-state index contributed by atoms with van der Waals surface area (Å²) in [5.74, 6) is -0.279.